The molecule has 1 saturated heterocycles. The molecule has 2 atom stereocenters. The molecule has 1 heterocycles. The van der Waals surface area contributed by atoms with Gasteiger partial charge in [-0.25, -0.2) is 4.79 Å². The molecular weight excluding hydrogens is 384 g/mol. The predicted octanol–water partition coefficient (Wildman–Crippen LogP) is 4.06. The summed E-state index contributed by atoms with van der Waals surface area (Å²) in [6.45, 7) is 2.80. The largest absolute Gasteiger partial charge is 0.339 e. The number of non-ortho nitro benzene ring substituents is 1. The molecule has 1 aliphatic heterocycles. The second kappa shape index (κ2) is 9.39. The Hall–Kier alpha value is -3.42. The molecule has 8 heteroatoms. The number of amides is 3. The van der Waals surface area contributed by atoms with Gasteiger partial charge < -0.3 is 15.1 Å². The number of anilines is 1. The van der Waals surface area contributed by atoms with E-state index in [1.54, 1.807) is 29.0 Å². The Bertz CT molecular complexity index is 918. The maximum atomic E-state index is 13.1. The lowest BCUT2D eigenvalue weighted by molar-refractivity contribution is -0.384. The van der Waals surface area contributed by atoms with Gasteiger partial charge in [-0.3, -0.25) is 14.9 Å². The molecule has 0 aliphatic carbocycles. The van der Waals surface area contributed by atoms with E-state index in [1.807, 2.05) is 37.3 Å². The van der Waals surface area contributed by atoms with Crippen LogP contribution in [0.2, 0.25) is 0 Å². The lowest BCUT2D eigenvalue weighted by Gasteiger charge is -2.35. The highest BCUT2D eigenvalue weighted by atomic mass is 16.6. The molecule has 0 aromatic heterocycles. The number of nitrogens with one attached hydrogen (secondary N) is 1. The molecular formula is C22H26N4O4. The summed E-state index contributed by atoms with van der Waals surface area (Å²) >= 11 is 0. The first-order valence-corrected chi connectivity index (χ1v) is 9.99. The topological polar surface area (TPSA) is 95.8 Å². The van der Waals surface area contributed by atoms with E-state index in [9.17, 15) is 19.7 Å². The van der Waals surface area contributed by atoms with Crippen molar-refractivity contribution in [2.24, 2.45) is 5.92 Å². The van der Waals surface area contributed by atoms with Gasteiger partial charge in [0, 0.05) is 38.0 Å². The van der Waals surface area contributed by atoms with Crippen LogP contribution in [0, 0.1) is 16.0 Å². The second-order valence-electron chi connectivity index (χ2n) is 7.56. The fourth-order valence-corrected chi connectivity index (χ4v) is 3.69. The van der Waals surface area contributed by atoms with Crippen molar-refractivity contribution in [3.8, 4) is 0 Å². The summed E-state index contributed by atoms with van der Waals surface area (Å²) in [6.07, 6.45) is 1.46. The summed E-state index contributed by atoms with van der Waals surface area (Å²) < 4.78 is 0. The number of carbonyl (C=O) groups is 2. The number of rotatable bonds is 5. The van der Waals surface area contributed by atoms with E-state index in [4.69, 9.17) is 0 Å². The molecule has 0 spiro atoms. The smallest absolute Gasteiger partial charge is 0.321 e. The third kappa shape index (κ3) is 4.94. The maximum Gasteiger partial charge on any atom is 0.321 e. The zero-order chi connectivity index (χ0) is 21.7. The first kappa shape index (κ1) is 21.3. The summed E-state index contributed by atoms with van der Waals surface area (Å²) in [4.78, 5) is 39.6. The third-order valence-corrected chi connectivity index (χ3v) is 5.57. The summed E-state index contributed by atoms with van der Waals surface area (Å²) in [6, 6.07) is 15.0. The van der Waals surface area contributed by atoms with Crippen LogP contribution in [0.3, 0.4) is 0 Å². The molecule has 30 heavy (non-hydrogen) atoms. The molecule has 8 nitrogen and oxygen atoms in total. The number of hydrogen-bond donors (Lipinski definition) is 1. The minimum atomic E-state index is -0.442. The number of urea groups is 1. The molecule has 2 aromatic rings. The van der Waals surface area contributed by atoms with Gasteiger partial charge in [0.15, 0.2) is 0 Å². The number of hydrogen-bond acceptors (Lipinski definition) is 4. The number of benzene rings is 2. The van der Waals surface area contributed by atoms with Crippen molar-refractivity contribution < 1.29 is 14.5 Å². The summed E-state index contributed by atoms with van der Waals surface area (Å²) in [5.74, 6) is -0.363. The van der Waals surface area contributed by atoms with Crippen LogP contribution in [-0.2, 0) is 4.79 Å². The van der Waals surface area contributed by atoms with E-state index in [0.29, 0.717) is 30.8 Å². The van der Waals surface area contributed by atoms with Gasteiger partial charge in [0.2, 0.25) is 5.91 Å². The van der Waals surface area contributed by atoms with Crippen LogP contribution < -0.4 is 5.32 Å². The van der Waals surface area contributed by atoms with Crippen molar-refractivity contribution in [2.45, 2.75) is 25.8 Å². The molecule has 3 amide bonds. The van der Waals surface area contributed by atoms with Crippen LogP contribution in [-0.4, -0.2) is 46.8 Å². The van der Waals surface area contributed by atoms with Crippen molar-refractivity contribution in [1.29, 1.82) is 0 Å². The van der Waals surface area contributed by atoms with E-state index in [0.717, 1.165) is 6.42 Å². The molecule has 1 N–H and O–H groups in total. The van der Waals surface area contributed by atoms with Crippen LogP contribution in [0.25, 0.3) is 0 Å². The highest BCUT2D eigenvalue weighted by molar-refractivity contribution is 5.90. The van der Waals surface area contributed by atoms with Crippen molar-refractivity contribution in [3.63, 3.8) is 0 Å². The Balaban J connectivity index is 1.64. The number of nitrogens with zero attached hydrogens (tertiary/aromatic N) is 3. The van der Waals surface area contributed by atoms with Crippen molar-refractivity contribution in [3.05, 3.63) is 70.3 Å². The van der Waals surface area contributed by atoms with Gasteiger partial charge in [-0.2, -0.15) is 0 Å². The zero-order valence-corrected chi connectivity index (χ0v) is 17.2. The highest BCUT2D eigenvalue weighted by Gasteiger charge is 2.32. The summed E-state index contributed by atoms with van der Waals surface area (Å²) in [5.41, 5.74) is 1.42. The van der Waals surface area contributed by atoms with E-state index >= 15 is 0 Å². The Morgan fingerprint density at radius 1 is 1.20 bits per heavy atom. The average molecular weight is 410 g/mol. The lowest BCUT2D eigenvalue weighted by Crippen LogP contribution is -2.47. The Kier molecular flexibility index (Phi) is 6.66. The number of nitro groups is 1. The molecule has 2 aromatic carbocycles. The minimum absolute atomic E-state index is 0.00150. The van der Waals surface area contributed by atoms with Gasteiger partial charge in [0.1, 0.15) is 0 Å². The lowest BCUT2D eigenvalue weighted by atomic mass is 9.95. The van der Waals surface area contributed by atoms with Crippen LogP contribution in [0.4, 0.5) is 16.2 Å². The quantitative estimate of drug-likeness (QED) is 0.594. The third-order valence-electron chi connectivity index (χ3n) is 5.57. The molecule has 0 radical (unpaired) electrons. The molecule has 1 fully saturated rings. The summed E-state index contributed by atoms with van der Waals surface area (Å²) in [5, 5.41) is 13.9. The Morgan fingerprint density at radius 3 is 2.63 bits per heavy atom. The van der Waals surface area contributed by atoms with Gasteiger partial charge in [-0.1, -0.05) is 30.3 Å². The second-order valence-corrected chi connectivity index (χ2v) is 7.56. The standard InChI is InChI=1S/C22H26N4O4/c1-16(17-8-6-12-20(14-17)26(29)30)24(2)21(27)18-9-7-13-25(15-18)22(28)23-19-10-4-3-5-11-19/h3-6,8,10-12,14,16,18H,7,9,13,15H2,1-2H3,(H,23,28)/t16-,18-/m0/s1. The molecule has 3 rings (SSSR count). The van der Waals surface area contributed by atoms with Crippen LogP contribution in [0.5, 0.6) is 0 Å². The van der Waals surface area contributed by atoms with Gasteiger partial charge in [0.05, 0.1) is 16.9 Å². The van der Waals surface area contributed by atoms with Crippen LogP contribution in [0.1, 0.15) is 31.4 Å². The van der Waals surface area contributed by atoms with Crippen molar-refractivity contribution >= 4 is 23.3 Å². The van der Waals surface area contributed by atoms with Crippen molar-refractivity contribution in [1.82, 2.24) is 9.80 Å². The van der Waals surface area contributed by atoms with Crippen LogP contribution in [0.15, 0.2) is 54.6 Å². The number of piperidine rings is 1. The monoisotopic (exact) mass is 410 g/mol. The number of carbonyl (C=O) groups excluding carboxylic acids is 2. The molecule has 158 valence electrons. The van der Waals surface area contributed by atoms with E-state index in [1.165, 1.54) is 12.1 Å². The molecule has 1 aliphatic rings. The van der Waals surface area contributed by atoms with Crippen molar-refractivity contribution in [2.75, 3.05) is 25.5 Å². The highest BCUT2D eigenvalue weighted by Crippen LogP contribution is 2.27. The minimum Gasteiger partial charge on any atom is -0.339 e. The normalized spacial score (nSPS) is 17.1. The molecule has 0 unspecified atom stereocenters. The first-order chi connectivity index (χ1) is 14.4. The Labute approximate surface area is 175 Å². The number of nitro benzene ring substituents is 1. The maximum absolute atomic E-state index is 13.1. The van der Waals surface area contributed by atoms with Gasteiger partial charge in [-0.05, 0) is 37.5 Å². The Morgan fingerprint density at radius 2 is 1.93 bits per heavy atom. The van der Waals surface area contributed by atoms with Gasteiger partial charge in [-0.15, -0.1) is 0 Å². The molecule has 0 bridgehead atoms. The van der Waals surface area contributed by atoms with E-state index in [-0.39, 0.29) is 29.6 Å². The fraction of sp³-hybridized carbons (Fsp3) is 0.364. The number of para-hydroxylation sites is 1. The van der Waals surface area contributed by atoms with Crippen LogP contribution >= 0.6 is 0 Å². The number of likely N-dealkylation sites (tertiary alicyclic amines) is 1. The van der Waals surface area contributed by atoms with E-state index in [2.05, 4.69) is 5.32 Å². The van der Waals surface area contributed by atoms with Gasteiger partial charge in [0.25, 0.3) is 5.69 Å². The van der Waals surface area contributed by atoms with E-state index < -0.39 is 4.92 Å². The molecule has 0 saturated carbocycles. The van der Waals surface area contributed by atoms with Gasteiger partial charge >= 0.3 is 6.03 Å². The SMILES string of the molecule is C[C@@H](c1cccc([N+](=O)[O-])c1)N(C)C(=O)[C@H]1CCCN(C(=O)Nc2ccccc2)C1. The average Bonchev–Trinajstić information content (AvgIpc) is 2.78. The fourth-order valence-electron chi connectivity index (χ4n) is 3.69. The summed E-state index contributed by atoms with van der Waals surface area (Å²) in [7, 11) is 1.70. The first-order valence-electron chi connectivity index (χ1n) is 9.99. The zero-order valence-electron chi connectivity index (χ0n) is 17.2. The predicted molar refractivity (Wildman–Crippen MR) is 114 cm³/mol.